The van der Waals surface area contributed by atoms with E-state index in [-0.39, 0.29) is 11.9 Å². The summed E-state index contributed by atoms with van der Waals surface area (Å²) in [6.45, 7) is 2.92. The molecule has 6 nitrogen and oxygen atoms in total. The number of rotatable bonds is 6. The van der Waals surface area contributed by atoms with Gasteiger partial charge in [0.25, 0.3) is 11.8 Å². The topological polar surface area (TPSA) is 61.4 Å². The summed E-state index contributed by atoms with van der Waals surface area (Å²) in [6.07, 6.45) is 7.56. The number of carbonyl (C=O) groups is 1. The highest BCUT2D eigenvalue weighted by atomic mass is 32.2. The van der Waals surface area contributed by atoms with Crippen LogP contribution in [0.15, 0.2) is 29.2 Å². The van der Waals surface area contributed by atoms with Gasteiger partial charge in [-0.15, -0.1) is 11.8 Å². The number of anilines is 3. The van der Waals surface area contributed by atoms with Crippen molar-refractivity contribution in [1.82, 2.24) is 9.97 Å². The summed E-state index contributed by atoms with van der Waals surface area (Å²) in [5.41, 5.74) is 2.78. The molecule has 1 N–H and O–H groups in total. The minimum Gasteiger partial charge on any atom is -0.371 e. The Morgan fingerprint density at radius 2 is 1.79 bits per heavy atom. The molecule has 6 rings (SSSR count). The number of amides is 1. The molecule has 2 aliphatic carbocycles. The Labute approximate surface area is 202 Å². The van der Waals surface area contributed by atoms with Crippen LogP contribution in [0.25, 0.3) is 0 Å². The highest BCUT2D eigenvalue weighted by Crippen LogP contribution is 2.54. The van der Waals surface area contributed by atoms with Gasteiger partial charge in [0.1, 0.15) is 5.82 Å². The SMILES string of the molecule is Cc1cc(NC(=O)c2ccc(SC3CC3)cc2N2CCC3(CC2)CC3)nc(N2CC(F)(F)C2)n1. The van der Waals surface area contributed by atoms with E-state index in [0.717, 1.165) is 18.8 Å². The minimum absolute atomic E-state index is 0.225. The lowest BCUT2D eigenvalue weighted by Crippen LogP contribution is -2.57. The molecule has 1 aromatic heterocycles. The predicted octanol–water partition coefficient (Wildman–Crippen LogP) is 5.13. The highest BCUT2D eigenvalue weighted by Gasteiger charge is 2.46. The van der Waals surface area contributed by atoms with Crippen LogP contribution in [0.4, 0.5) is 26.2 Å². The first kappa shape index (κ1) is 22.1. The van der Waals surface area contributed by atoms with E-state index in [1.807, 2.05) is 23.9 Å². The van der Waals surface area contributed by atoms with Gasteiger partial charge < -0.3 is 15.1 Å². The molecule has 1 spiro atoms. The maximum Gasteiger partial charge on any atom is 0.282 e. The van der Waals surface area contributed by atoms with Crippen LogP contribution in [0.1, 0.15) is 54.6 Å². The van der Waals surface area contributed by atoms with Crippen molar-refractivity contribution in [2.75, 3.05) is 41.3 Å². The van der Waals surface area contributed by atoms with Crippen molar-refractivity contribution in [3.63, 3.8) is 0 Å². The van der Waals surface area contributed by atoms with Crippen molar-refractivity contribution in [3.8, 4) is 0 Å². The van der Waals surface area contributed by atoms with Crippen molar-refractivity contribution >= 4 is 35.1 Å². The fourth-order valence-corrected chi connectivity index (χ4v) is 5.99. The molecule has 2 saturated heterocycles. The van der Waals surface area contributed by atoms with E-state index in [0.29, 0.717) is 27.7 Å². The molecular weight excluding hydrogens is 456 g/mol. The molecule has 2 aromatic rings. The van der Waals surface area contributed by atoms with E-state index >= 15 is 0 Å². The van der Waals surface area contributed by atoms with E-state index in [2.05, 4.69) is 26.3 Å². The number of hydrogen-bond acceptors (Lipinski definition) is 6. The standard InChI is InChI=1S/C25H29F2N5OS/c1-16-12-21(30-23(28-16)32-14-25(26,27)15-32)29-22(33)19-5-4-18(34-17-2-3-17)13-20(19)31-10-8-24(6-7-24)9-11-31/h4-5,12-13,17H,2-3,6-11,14-15H2,1H3,(H,28,29,30,33). The molecule has 3 heterocycles. The Morgan fingerprint density at radius 1 is 1.06 bits per heavy atom. The number of nitrogens with zero attached hydrogens (tertiary/aromatic N) is 4. The summed E-state index contributed by atoms with van der Waals surface area (Å²) in [7, 11) is 0. The van der Waals surface area contributed by atoms with Gasteiger partial charge in [0.15, 0.2) is 0 Å². The van der Waals surface area contributed by atoms with E-state index in [1.54, 1.807) is 13.0 Å². The van der Waals surface area contributed by atoms with E-state index in [1.165, 1.54) is 48.3 Å². The first-order valence-corrected chi connectivity index (χ1v) is 13.0. The third kappa shape index (κ3) is 4.59. The number of aromatic nitrogens is 2. The largest absolute Gasteiger partial charge is 0.371 e. The number of carbonyl (C=O) groups excluding carboxylic acids is 1. The molecule has 34 heavy (non-hydrogen) atoms. The van der Waals surface area contributed by atoms with Crippen LogP contribution in [0, 0.1) is 12.3 Å². The van der Waals surface area contributed by atoms with Crippen molar-refractivity contribution in [2.45, 2.75) is 61.5 Å². The lowest BCUT2D eigenvalue weighted by atomic mass is 9.93. The second-order valence-electron chi connectivity index (χ2n) is 10.3. The third-order valence-corrected chi connectivity index (χ3v) is 8.70. The maximum absolute atomic E-state index is 13.4. The highest BCUT2D eigenvalue weighted by molar-refractivity contribution is 8.00. The van der Waals surface area contributed by atoms with Crippen molar-refractivity contribution in [1.29, 1.82) is 0 Å². The summed E-state index contributed by atoms with van der Waals surface area (Å²) < 4.78 is 26.6. The predicted molar refractivity (Wildman–Crippen MR) is 130 cm³/mol. The number of piperidine rings is 1. The zero-order valence-corrected chi connectivity index (χ0v) is 20.1. The fourth-order valence-electron chi connectivity index (χ4n) is 4.91. The monoisotopic (exact) mass is 485 g/mol. The Bertz CT molecular complexity index is 1120. The van der Waals surface area contributed by atoms with Gasteiger partial charge in [-0.05, 0) is 69.1 Å². The van der Waals surface area contributed by atoms with Crippen LogP contribution in [0.2, 0.25) is 0 Å². The van der Waals surface area contributed by atoms with Crippen LogP contribution >= 0.6 is 11.8 Å². The first-order valence-electron chi connectivity index (χ1n) is 12.1. The fraction of sp³-hybridized carbons (Fsp3) is 0.560. The van der Waals surface area contributed by atoms with Crippen LogP contribution in [-0.4, -0.2) is 53.2 Å². The Hall–Kier alpha value is -2.42. The van der Waals surface area contributed by atoms with Gasteiger partial charge in [-0.25, -0.2) is 13.8 Å². The van der Waals surface area contributed by atoms with Crippen LogP contribution in [0.3, 0.4) is 0 Å². The lowest BCUT2D eigenvalue weighted by molar-refractivity contribution is -0.0271. The number of aryl methyl sites for hydroxylation is 1. The van der Waals surface area contributed by atoms with Crippen LogP contribution < -0.4 is 15.1 Å². The molecule has 180 valence electrons. The molecule has 2 saturated carbocycles. The average molecular weight is 486 g/mol. The number of benzene rings is 1. The van der Waals surface area contributed by atoms with Crippen molar-refractivity contribution in [3.05, 3.63) is 35.5 Å². The molecule has 2 aliphatic heterocycles. The lowest BCUT2D eigenvalue weighted by Gasteiger charge is -2.38. The number of alkyl halides is 2. The zero-order valence-electron chi connectivity index (χ0n) is 19.3. The Balaban J connectivity index is 1.24. The zero-order chi connectivity index (χ0) is 23.5. The van der Waals surface area contributed by atoms with Gasteiger partial charge in [-0.3, -0.25) is 4.79 Å². The molecule has 0 unspecified atom stereocenters. The van der Waals surface area contributed by atoms with Gasteiger partial charge in [0, 0.05) is 35.0 Å². The molecule has 1 aromatic carbocycles. The van der Waals surface area contributed by atoms with Gasteiger partial charge in [0.2, 0.25) is 5.95 Å². The first-order chi connectivity index (χ1) is 16.3. The van der Waals surface area contributed by atoms with Crippen molar-refractivity contribution < 1.29 is 13.6 Å². The molecule has 4 fully saturated rings. The number of nitrogens with one attached hydrogen (secondary N) is 1. The molecular formula is C25H29F2N5OS. The van der Waals surface area contributed by atoms with Gasteiger partial charge >= 0.3 is 0 Å². The Morgan fingerprint density at radius 3 is 2.44 bits per heavy atom. The minimum atomic E-state index is -2.71. The van der Waals surface area contributed by atoms with E-state index in [9.17, 15) is 13.6 Å². The molecule has 1 amide bonds. The number of thioether (sulfide) groups is 1. The summed E-state index contributed by atoms with van der Waals surface area (Å²) in [4.78, 5) is 27.0. The van der Waals surface area contributed by atoms with Crippen molar-refractivity contribution in [2.24, 2.45) is 5.41 Å². The second-order valence-corrected chi connectivity index (χ2v) is 11.7. The third-order valence-electron chi connectivity index (χ3n) is 7.37. The average Bonchev–Trinajstić information content (AvgIpc) is 3.71. The summed E-state index contributed by atoms with van der Waals surface area (Å²) in [6, 6.07) is 7.80. The molecule has 4 aliphatic rings. The molecule has 9 heteroatoms. The normalized spacial score (nSPS) is 22.4. The van der Waals surface area contributed by atoms with E-state index in [4.69, 9.17) is 0 Å². The van der Waals surface area contributed by atoms with Crippen LogP contribution in [-0.2, 0) is 0 Å². The van der Waals surface area contributed by atoms with Gasteiger partial charge in [-0.2, -0.15) is 4.98 Å². The number of halogens is 2. The number of hydrogen-bond donors (Lipinski definition) is 1. The Kier molecular flexibility index (Phi) is 5.24. The summed E-state index contributed by atoms with van der Waals surface area (Å²) in [5, 5.41) is 3.60. The van der Waals surface area contributed by atoms with Gasteiger partial charge in [0.05, 0.1) is 24.3 Å². The summed E-state index contributed by atoms with van der Waals surface area (Å²) in [5.74, 6) is -2.38. The molecule has 0 radical (unpaired) electrons. The molecule has 0 bridgehead atoms. The second kappa shape index (κ2) is 8.07. The smallest absolute Gasteiger partial charge is 0.282 e. The molecule has 0 atom stereocenters. The quantitative estimate of drug-likeness (QED) is 0.612. The van der Waals surface area contributed by atoms with Gasteiger partial charge in [-0.1, -0.05) is 0 Å². The maximum atomic E-state index is 13.4. The summed E-state index contributed by atoms with van der Waals surface area (Å²) >= 11 is 1.89. The van der Waals surface area contributed by atoms with Crippen LogP contribution in [0.5, 0.6) is 0 Å². The van der Waals surface area contributed by atoms with E-state index < -0.39 is 19.0 Å².